The first kappa shape index (κ1) is 11.4. The van der Waals surface area contributed by atoms with Gasteiger partial charge >= 0.3 is 0 Å². The molecule has 0 aromatic carbocycles. The van der Waals surface area contributed by atoms with Crippen molar-refractivity contribution in [1.82, 2.24) is 9.55 Å². The quantitative estimate of drug-likeness (QED) is 0.785. The predicted octanol–water partition coefficient (Wildman–Crippen LogP) is 3.87. The number of hydrogen-bond donors (Lipinski definition) is 0. The lowest BCUT2D eigenvalue weighted by atomic mass is 10.0. The van der Waals surface area contributed by atoms with E-state index in [0.717, 1.165) is 6.42 Å². The fourth-order valence-electron chi connectivity index (χ4n) is 1.75. The van der Waals surface area contributed by atoms with Gasteiger partial charge in [-0.1, -0.05) is 13.0 Å². The van der Waals surface area contributed by atoms with E-state index < -0.39 is 0 Å². The van der Waals surface area contributed by atoms with Crippen LogP contribution in [0.25, 0.3) is 0 Å². The molecular weight excluding hydrogens is 216 g/mol. The molecule has 0 spiro atoms. The van der Waals surface area contributed by atoms with Gasteiger partial charge in [0.15, 0.2) is 0 Å². The smallest absolute Gasteiger partial charge is 0.0951 e. The van der Waals surface area contributed by atoms with Crippen LogP contribution in [-0.2, 0) is 6.42 Å². The minimum Gasteiger partial charge on any atom is -0.335 e. The van der Waals surface area contributed by atoms with Crippen molar-refractivity contribution in [2.75, 3.05) is 0 Å². The first-order chi connectivity index (χ1) is 7.66. The van der Waals surface area contributed by atoms with Crippen molar-refractivity contribution in [3.05, 3.63) is 40.6 Å². The second-order valence-corrected chi connectivity index (χ2v) is 5.51. The Morgan fingerprint density at radius 3 is 2.75 bits per heavy atom. The van der Waals surface area contributed by atoms with Crippen LogP contribution in [0.15, 0.2) is 30.0 Å². The van der Waals surface area contributed by atoms with Gasteiger partial charge in [-0.15, -0.1) is 11.3 Å². The summed E-state index contributed by atoms with van der Waals surface area (Å²) in [5, 5.41) is 2.14. The monoisotopic (exact) mass is 234 g/mol. The zero-order chi connectivity index (χ0) is 11.5. The zero-order valence-electron chi connectivity index (χ0n) is 10.1. The van der Waals surface area contributed by atoms with Gasteiger partial charge in [0.2, 0.25) is 0 Å². The largest absolute Gasteiger partial charge is 0.335 e. The molecule has 1 atom stereocenters. The second-order valence-electron chi connectivity index (χ2n) is 4.53. The second kappa shape index (κ2) is 4.83. The Kier molecular flexibility index (Phi) is 3.44. The normalized spacial score (nSPS) is 13.2. The van der Waals surface area contributed by atoms with E-state index in [1.807, 2.05) is 17.7 Å². The third-order valence-electron chi connectivity index (χ3n) is 2.80. The molecule has 2 rings (SSSR count). The molecule has 2 heterocycles. The molecular formula is C13H18N2S. The fraction of sp³-hybridized carbons (Fsp3) is 0.462. The summed E-state index contributed by atoms with van der Waals surface area (Å²) in [6, 6.07) is 4.82. The zero-order valence-corrected chi connectivity index (χ0v) is 10.9. The average molecular weight is 234 g/mol. The van der Waals surface area contributed by atoms with Crippen molar-refractivity contribution in [2.24, 2.45) is 0 Å². The van der Waals surface area contributed by atoms with Crippen molar-refractivity contribution in [3.8, 4) is 0 Å². The van der Waals surface area contributed by atoms with Crippen LogP contribution in [0.1, 0.15) is 43.3 Å². The molecule has 86 valence electrons. The number of hydrogen-bond acceptors (Lipinski definition) is 2. The summed E-state index contributed by atoms with van der Waals surface area (Å²) in [6.45, 7) is 6.61. The standard InChI is InChI=1S/C13H18N2S/c1-10(2)15-8-12(14-9-15)7-11(3)13-5-4-6-16-13/h4-6,8-11H,7H2,1-3H3. The molecule has 0 amide bonds. The molecule has 1 unspecified atom stereocenters. The molecule has 2 nitrogen and oxygen atoms in total. The molecule has 0 fully saturated rings. The number of nitrogens with zero attached hydrogens (tertiary/aromatic N) is 2. The first-order valence-corrected chi connectivity index (χ1v) is 6.60. The molecule has 0 aliphatic carbocycles. The van der Waals surface area contributed by atoms with E-state index in [1.165, 1.54) is 10.6 Å². The van der Waals surface area contributed by atoms with Crippen LogP contribution in [0, 0.1) is 0 Å². The number of rotatable bonds is 4. The Morgan fingerprint density at radius 1 is 1.38 bits per heavy atom. The van der Waals surface area contributed by atoms with Crippen LogP contribution in [0.4, 0.5) is 0 Å². The average Bonchev–Trinajstić information content (AvgIpc) is 2.87. The third kappa shape index (κ3) is 2.53. The fourth-order valence-corrected chi connectivity index (χ4v) is 2.54. The van der Waals surface area contributed by atoms with E-state index in [-0.39, 0.29) is 0 Å². The first-order valence-electron chi connectivity index (χ1n) is 5.72. The minimum atomic E-state index is 0.498. The maximum atomic E-state index is 4.45. The van der Waals surface area contributed by atoms with Crippen molar-refractivity contribution in [1.29, 1.82) is 0 Å². The lowest BCUT2D eigenvalue weighted by Crippen LogP contribution is -1.98. The summed E-state index contributed by atoms with van der Waals surface area (Å²) in [5.41, 5.74) is 1.19. The molecule has 0 saturated heterocycles. The van der Waals surface area contributed by atoms with Gasteiger partial charge < -0.3 is 4.57 Å². The van der Waals surface area contributed by atoms with Crippen LogP contribution in [0.3, 0.4) is 0 Å². The number of thiophene rings is 1. The van der Waals surface area contributed by atoms with E-state index >= 15 is 0 Å². The molecule has 0 saturated carbocycles. The van der Waals surface area contributed by atoms with E-state index in [4.69, 9.17) is 0 Å². The molecule has 16 heavy (non-hydrogen) atoms. The Morgan fingerprint density at radius 2 is 2.19 bits per heavy atom. The summed E-state index contributed by atoms with van der Waals surface area (Å²) < 4.78 is 2.16. The molecule has 0 N–H and O–H groups in total. The van der Waals surface area contributed by atoms with Gasteiger partial charge in [-0.25, -0.2) is 4.98 Å². The van der Waals surface area contributed by atoms with Gasteiger partial charge in [-0.05, 0) is 37.6 Å². The summed E-state index contributed by atoms with van der Waals surface area (Å²) >= 11 is 1.83. The summed E-state index contributed by atoms with van der Waals surface area (Å²) in [7, 11) is 0. The molecule has 3 heteroatoms. The predicted molar refractivity (Wildman–Crippen MR) is 69.1 cm³/mol. The maximum Gasteiger partial charge on any atom is 0.0951 e. The maximum absolute atomic E-state index is 4.45. The van der Waals surface area contributed by atoms with E-state index in [9.17, 15) is 0 Å². The van der Waals surface area contributed by atoms with Gasteiger partial charge in [-0.2, -0.15) is 0 Å². The molecule has 0 bridgehead atoms. The SMILES string of the molecule is CC(Cc1cn(C(C)C)cn1)c1cccs1. The van der Waals surface area contributed by atoms with Crippen LogP contribution in [-0.4, -0.2) is 9.55 Å². The minimum absolute atomic E-state index is 0.498. The van der Waals surface area contributed by atoms with Gasteiger partial charge in [0, 0.05) is 17.1 Å². The highest BCUT2D eigenvalue weighted by Gasteiger charge is 2.10. The van der Waals surface area contributed by atoms with Gasteiger partial charge in [-0.3, -0.25) is 0 Å². The third-order valence-corrected chi connectivity index (χ3v) is 3.90. The molecule has 2 aromatic rings. The Bertz CT molecular complexity index is 428. The van der Waals surface area contributed by atoms with Crippen molar-refractivity contribution >= 4 is 11.3 Å². The van der Waals surface area contributed by atoms with E-state index in [0.29, 0.717) is 12.0 Å². The lowest BCUT2D eigenvalue weighted by Gasteiger charge is -2.07. The van der Waals surface area contributed by atoms with Gasteiger partial charge in [0.1, 0.15) is 0 Å². The topological polar surface area (TPSA) is 17.8 Å². The van der Waals surface area contributed by atoms with Crippen LogP contribution in [0.5, 0.6) is 0 Å². The number of imidazole rings is 1. The Balaban J connectivity index is 2.03. The lowest BCUT2D eigenvalue weighted by molar-refractivity contribution is 0.598. The van der Waals surface area contributed by atoms with Crippen molar-refractivity contribution < 1.29 is 0 Å². The highest BCUT2D eigenvalue weighted by molar-refractivity contribution is 7.10. The summed E-state index contributed by atoms with van der Waals surface area (Å²) in [6.07, 6.45) is 5.12. The van der Waals surface area contributed by atoms with Crippen LogP contribution < -0.4 is 0 Å². The Hall–Kier alpha value is -1.09. The highest BCUT2D eigenvalue weighted by Crippen LogP contribution is 2.24. The van der Waals surface area contributed by atoms with Crippen LogP contribution in [0.2, 0.25) is 0 Å². The number of aromatic nitrogens is 2. The highest BCUT2D eigenvalue weighted by atomic mass is 32.1. The molecule has 0 radical (unpaired) electrons. The van der Waals surface area contributed by atoms with Gasteiger partial charge in [0.05, 0.1) is 12.0 Å². The van der Waals surface area contributed by atoms with Gasteiger partial charge in [0.25, 0.3) is 0 Å². The van der Waals surface area contributed by atoms with Crippen LogP contribution >= 0.6 is 11.3 Å². The Labute approximate surface area is 101 Å². The van der Waals surface area contributed by atoms with E-state index in [2.05, 4.69) is 54.0 Å². The van der Waals surface area contributed by atoms with Crippen molar-refractivity contribution in [2.45, 2.75) is 39.2 Å². The molecule has 2 aromatic heterocycles. The summed E-state index contributed by atoms with van der Waals surface area (Å²) in [5.74, 6) is 0.565. The summed E-state index contributed by atoms with van der Waals surface area (Å²) in [4.78, 5) is 5.90. The molecule has 0 aliphatic rings. The van der Waals surface area contributed by atoms with Crippen molar-refractivity contribution in [3.63, 3.8) is 0 Å². The van der Waals surface area contributed by atoms with E-state index in [1.54, 1.807) is 0 Å². The molecule has 0 aliphatic heterocycles.